The highest BCUT2D eigenvalue weighted by Crippen LogP contribution is 2.37. The van der Waals surface area contributed by atoms with Gasteiger partial charge in [-0.05, 0) is 44.3 Å². The Labute approximate surface area is 108 Å². The number of hydrogen-bond donors (Lipinski definition) is 3. The summed E-state index contributed by atoms with van der Waals surface area (Å²) in [6.45, 7) is 1.90. The maximum absolute atomic E-state index is 13.8. The molecule has 1 aliphatic heterocycles. The number of phenolic OH excluding ortho intramolecular Hbond substituents is 2. The summed E-state index contributed by atoms with van der Waals surface area (Å²) >= 11 is 3.23. The molecule has 0 saturated carbocycles. The van der Waals surface area contributed by atoms with E-state index in [1.165, 1.54) is 6.07 Å². The van der Waals surface area contributed by atoms with Gasteiger partial charge in [0.25, 0.3) is 0 Å². The molecule has 1 fully saturated rings. The van der Waals surface area contributed by atoms with E-state index in [0.29, 0.717) is 22.4 Å². The molecule has 0 radical (unpaired) electrons. The summed E-state index contributed by atoms with van der Waals surface area (Å²) in [5.41, 5.74) is 0.451. The van der Waals surface area contributed by atoms with Gasteiger partial charge in [0.05, 0.1) is 0 Å². The first-order chi connectivity index (χ1) is 8.09. The molecule has 0 atom stereocenters. The van der Waals surface area contributed by atoms with Crippen LogP contribution in [-0.4, -0.2) is 23.3 Å². The number of hydrogen-bond acceptors (Lipinski definition) is 3. The molecule has 1 aromatic rings. The van der Waals surface area contributed by atoms with Crippen LogP contribution in [0.4, 0.5) is 4.39 Å². The van der Waals surface area contributed by atoms with Gasteiger partial charge in [0, 0.05) is 10.0 Å². The Morgan fingerprint density at radius 2 is 2.00 bits per heavy atom. The number of rotatable bonds is 2. The molecule has 1 saturated heterocycles. The summed E-state index contributed by atoms with van der Waals surface area (Å²) in [5, 5.41) is 21.9. The van der Waals surface area contributed by atoms with E-state index in [9.17, 15) is 14.6 Å². The minimum absolute atomic E-state index is 0.422. The largest absolute Gasteiger partial charge is 0.504 e. The molecule has 2 rings (SSSR count). The van der Waals surface area contributed by atoms with Gasteiger partial charge in [-0.15, -0.1) is 0 Å². The van der Waals surface area contributed by atoms with Crippen LogP contribution in [0.15, 0.2) is 10.5 Å². The van der Waals surface area contributed by atoms with Crippen LogP contribution in [0.25, 0.3) is 0 Å². The minimum Gasteiger partial charge on any atom is -0.504 e. The second-order valence-electron chi connectivity index (χ2n) is 4.42. The molecule has 0 spiro atoms. The fourth-order valence-electron chi connectivity index (χ4n) is 2.20. The van der Waals surface area contributed by atoms with Gasteiger partial charge in [-0.25, -0.2) is 4.39 Å². The standard InChI is InChI=1S/C12H15BrFNO2/c13-9-6-10(16)12(17)11(14)8(9)5-7-1-3-15-4-2-7/h6-7,15-17H,1-5H2. The lowest BCUT2D eigenvalue weighted by Gasteiger charge is -2.23. The summed E-state index contributed by atoms with van der Waals surface area (Å²) in [6, 6.07) is 1.34. The second-order valence-corrected chi connectivity index (χ2v) is 5.27. The average molecular weight is 304 g/mol. The Morgan fingerprint density at radius 1 is 1.35 bits per heavy atom. The number of aromatic hydroxyl groups is 2. The van der Waals surface area contributed by atoms with E-state index in [-0.39, 0.29) is 0 Å². The lowest BCUT2D eigenvalue weighted by Crippen LogP contribution is -2.28. The van der Waals surface area contributed by atoms with E-state index in [1.807, 2.05) is 0 Å². The number of phenols is 2. The summed E-state index contributed by atoms with van der Waals surface area (Å²) in [4.78, 5) is 0. The molecule has 0 aromatic heterocycles. The van der Waals surface area contributed by atoms with E-state index in [4.69, 9.17) is 0 Å². The van der Waals surface area contributed by atoms with Crippen molar-refractivity contribution in [2.24, 2.45) is 5.92 Å². The number of nitrogens with one attached hydrogen (secondary N) is 1. The van der Waals surface area contributed by atoms with Gasteiger partial charge in [0.2, 0.25) is 0 Å². The first-order valence-corrected chi connectivity index (χ1v) is 6.48. The summed E-state index contributed by atoms with van der Waals surface area (Å²) < 4.78 is 14.3. The zero-order valence-corrected chi connectivity index (χ0v) is 10.9. The maximum Gasteiger partial charge on any atom is 0.194 e. The zero-order chi connectivity index (χ0) is 12.4. The van der Waals surface area contributed by atoms with Crippen LogP contribution in [0.2, 0.25) is 0 Å². The van der Waals surface area contributed by atoms with E-state index in [0.717, 1.165) is 25.9 Å². The van der Waals surface area contributed by atoms with E-state index in [1.54, 1.807) is 0 Å². The minimum atomic E-state index is -0.713. The van der Waals surface area contributed by atoms with Gasteiger partial charge in [-0.1, -0.05) is 15.9 Å². The molecular weight excluding hydrogens is 289 g/mol. The number of halogens is 2. The summed E-state index contributed by atoms with van der Waals surface area (Å²) in [5.74, 6) is -1.37. The third-order valence-corrected chi connectivity index (χ3v) is 3.93. The number of benzene rings is 1. The highest BCUT2D eigenvalue weighted by Gasteiger charge is 2.21. The first kappa shape index (κ1) is 12.6. The third-order valence-electron chi connectivity index (χ3n) is 3.22. The fraction of sp³-hybridized carbons (Fsp3) is 0.500. The molecule has 5 heteroatoms. The second kappa shape index (κ2) is 5.23. The molecule has 0 amide bonds. The molecule has 3 nitrogen and oxygen atoms in total. The molecule has 1 aromatic carbocycles. The van der Waals surface area contributed by atoms with E-state index < -0.39 is 17.3 Å². The van der Waals surface area contributed by atoms with Crippen molar-refractivity contribution in [3.8, 4) is 11.5 Å². The fourth-order valence-corrected chi connectivity index (χ4v) is 2.75. The smallest absolute Gasteiger partial charge is 0.194 e. The molecule has 0 aliphatic carbocycles. The van der Waals surface area contributed by atoms with Crippen molar-refractivity contribution in [1.29, 1.82) is 0 Å². The Morgan fingerprint density at radius 3 is 2.65 bits per heavy atom. The lowest BCUT2D eigenvalue weighted by atomic mass is 9.90. The molecular formula is C12H15BrFNO2. The van der Waals surface area contributed by atoms with Crippen LogP contribution in [0.5, 0.6) is 11.5 Å². The van der Waals surface area contributed by atoms with Crippen molar-refractivity contribution >= 4 is 15.9 Å². The Hall–Kier alpha value is -0.810. The van der Waals surface area contributed by atoms with E-state index in [2.05, 4.69) is 21.2 Å². The molecule has 0 unspecified atom stereocenters. The highest BCUT2D eigenvalue weighted by molar-refractivity contribution is 9.10. The molecule has 94 valence electrons. The van der Waals surface area contributed by atoms with Crippen molar-refractivity contribution in [3.05, 3.63) is 21.9 Å². The molecule has 17 heavy (non-hydrogen) atoms. The van der Waals surface area contributed by atoms with Crippen molar-refractivity contribution in [2.75, 3.05) is 13.1 Å². The zero-order valence-electron chi connectivity index (χ0n) is 9.34. The van der Waals surface area contributed by atoms with Gasteiger partial charge in [0.1, 0.15) is 0 Å². The van der Waals surface area contributed by atoms with Gasteiger partial charge in [-0.2, -0.15) is 0 Å². The van der Waals surface area contributed by atoms with Crippen LogP contribution >= 0.6 is 15.9 Å². The van der Waals surface area contributed by atoms with Crippen LogP contribution in [0.1, 0.15) is 18.4 Å². The van der Waals surface area contributed by atoms with Crippen LogP contribution in [-0.2, 0) is 6.42 Å². The Bertz CT molecular complexity index is 419. The average Bonchev–Trinajstić information content (AvgIpc) is 2.33. The molecule has 1 heterocycles. The van der Waals surface area contributed by atoms with Crippen LogP contribution in [0.3, 0.4) is 0 Å². The van der Waals surface area contributed by atoms with Crippen molar-refractivity contribution in [3.63, 3.8) is 0 Å². The van der Waals surface area contributed by atoms with Gasteiger partial charge in [0.15, 0.2) is 17.3 Å². The van der Waals surface area contributed by atoms with Crippen molar-refractivity contribution < 1.29 is 14.6 Å². The molecule has 0 bridgehead atoms. The predicted molar refractivity (Wildman–Crippen MR) is 66.7 cm³/mol. The van der Waals surface area contributed by atoms with Gasteiger partial charge in [-0.3, -0.25) is 0 Å². The van der Waals surface area contributed by atoms with Crippen molar-refractivity contribution in [2.45, 2.75) is 19.3 Å². The first-order valence-electron chi connectivity index (χ1n) is 5.69. The SMILES string of the molecule is Oc1cc(Br)c(CC2CCNCC2)c(F)c1O. The monoisotopic (exact) mass is 303 g/mol. The predicted octanol–water partition coefficient (Wildman–Crippen LogP) is 2.54. The maximum atomic E-state index is 13.8. The Balaban J connectivity index is 2.22. The third kappa shape index (κ3) is 2.72. The highest BCUT2D eigenvalue weighted by atomic mass is 79.9. The number of piperidine rings is 1. The molecule has 1 aliphatic rings. The van der Waals surface area contributed by atoms with Crippen LogP contribution < -0.4 is 5.32 Å². The van der Waals surface area contributed by atoms with Crippen molar-refractivity contribution in [1.82, 2.24) is 5.32 Å². The van der Waals surface area contributed by atoms with E-state index >= 15 is 0 Å². The summed E-state index contributed by atoms with van der Waals surface area (Å²) in [7, 11) is 0. The summed E-state index contributed by atoms with van der Waals surface area (Å²) in [6.07, 6.45) is 2.60. The molecule has 3 N–H and O–H groups in total. The van der Waals surface area contributed by atoms with Crippen LogP contribution in [0, 0.1) is 11.7 Å². The lowest BCUT2D eigenvalue weighted by molar-refractivity contribution is 0.355. The normalized spacial score (nSPS) is 17.3. The van der Waals surface area contributed by atoms with Gasteiger partial charge >= 0.3 is 0 Å². The topological polar surface area (TPSA) is 52.5 Å². The van der Waals surface area contributed by atoms with Gasteiger partial charge < -0.3 is 15.5 Å². The Kier molecular flexibility index (Phi) is 3.89. The quantitative estimate of drug-likeness (QED) is 0.736.